The van der Waals surface area contributed by atoms with E-state index >= 15 is 0 Å². The molecule has 0 aliphatic carbocycles. The van der Waals surface area contributed by atoms with Crippen molar-refractivity contribution in [2.45, 2.75) is 50.2 Å². The minimum atomic E-state index is -0.874. The van der Waals surface area contributed by atoms with Gasteiger partial charge in [0.15, 0.2) is 5.16 Å². The van der Waals surface area contributed by atoms with Gasteiger partial charge < -0.3 is 10.1 Å². The first-order chi connectivity index (χ1) is 15.7. The van der Waals surface area contributed by atoms with Gasteiger partial charge in [0.25, 0.3) is 5.56 Å². The van der Waals surface area contributed by atoms with Gasteiger partial charge in [-0.05, 0) is 57.5 Å². The van der Waals surface area contributed by atoms with Crippen LogP contribution in [0.15, 0.2) is 46.3 Å². The summed E-state index contributed by atoms with van der Waals surface area (Å²) in [5.41, 5.74) is -0.384. The number of benzene rings is 2. The fourth-order valence-electron chi connectivity index (χ4n) is 3.06. The first-order valence-electron chi connectivity index (χ1n) is 10.4. The third-order valence-corrected chi connectivity index (χ3v) is 6.05. The molecule has 0 saturated heterocycles. The molecular weight excluding hydrogens is 472 g/mol. The summed E-state index contributed by atoms with van der Waals surface area (Å²) in [7, 11) is 0. The van der Waals surface area contributed by atoms with Crippen LogP contribution in [0.25, 0.3) is 10.9 Å². The molecule has 1 aromatic heterocycles. The van der Waals surface area contributed by atoms with Gasteiger partial charge in [0.05, 0.1) is 22.3 Å². The van der Waals surface area contributed by atoms with E-state index in [1.54, 1.807) is 25.1 Å². The Bertz CT molecular complexity index is 1200. The number of nitrogens with zero attached hydrogens (tertiary/aromatic N) is 2. The number of carbonyl (C=O) groups is 1. The van der Waals surface area contributed by atoms with Crippen molar-refractivity contribution in [1.29, 1.82) is 0 Å². The summed E-state index contributed by atoms with van der Waals surface area (Å²) in [6.07, 6.45) is 0.628. The van der Waals surface area contributed by atoms with Gasteiger partial charge in [-0.2, -0.15) is 0 Å². The number of carbonyl (C=O) groups excluding carboxylic acids is 1. The van der Waals surface area contributed by atoms with E-state index < -0.39 is 28.5 Å². The topological polar surface area (TPSA) is 73.2 Å². The maximum Gasteiger partial charge on any atom is 0.262 e. The zero-order chi connectivity index (χ0) is 24.1. The van der Waals surface area contributed by atoms with Crippen LogP contribution >= 0.6 is 23.4 Å². The van der Waals surface area contributed by atoms with Crippen LogP contribution in [0.5, 0.6) is 0 Å². The molecular formula is C23H24ClF2N3O3S. The Labute approximate surface area is 199 Å². The van der Waals surface area contributed by atoms with Crippen molar-refractivity contribution in [3.8, 4) is 0 Å². The first kappa shape index (κ1) is 25.1. The summed E-state index contributed by atoms with van der Waals surface area (Å²) in [6.45, 7) is 6.20. The largest absolute Gasteiger partial charge is 0.379 e. The molecule has 0 fully saturated rings. The molecule has 33 heavy (non-hydrogen) atoms. The number of aromatic nitrogens is 2. The monoisotopic (exact) mass is 495 g/mol. The third kappa shape index (κ3) is 6.31. The first-order valence-corrected chi connectivity index (χ1v) is 11.7. The van der Waals surface area contributed by atoms with Gasteiger partial charge in [0.1, 0.15) is 17.3 Å². The molecule has 1 N–H and O–H groups in total. The zero-order valence-electron chi connectivity index (χ0n) is 18.4. The molecule has 3 aromatic rings. The lowest BCUT2D eigenvalue weighted by molar-refractivity contribution is -0.115. The Balaban J connectivity index is 1.88. The number of anilines is 1. The third-order valence-electron chi connectivity index (χ3n) is 4.72. The van der Waals surface area contributed by atoms with E-state index in [9.17, 15) is 18.4 Å². The average Bonchev–Trinajstić information content (AvgIpc) is 2.75. The van der Waals surface area contributed by atoms with Crippen LogP contribution in [0.1, 0.15) is 27.2 Å². The molecule has 0 aliphatic rings. The van der Waals surface area contributed by atoms with Crippen molar-refractivity contribution < 1.29 is 18.3 Å². The molecule has 0 spiro atoms. The second-order valence-electron chi connectivity index (χ2n) is 7.63. The summed E-state index contributed by atoms with van der Waals surface area (Å²) in [4.78, 5) is 30.3. The second-order valence-corrected chi connectivity index (χ2v) is 9.38. The number of nitrogens with one attached hydrogen (secondary N) is 1. The minimum Gasteiger partial charge on any atom is -0.379 e. The summed E-state index contributed by atoms with van der Waals surface area (Å²) in [5, 5.41) is 2.61. The van der Waals surface area contributed by atoms with Crippen LogP contribution in [-0.4, -0.2) is 33.4 Å². The number of halogens is 3. The number of ether oxygens (including phenoxy) is 1. The van der Waals surface area contributed by atoms with Crippen molar-refractivity contribution in [2.75, 3.05) is 11.9 Å². The standard InChI is InChI=1S/C23H24ClF2N3O3S/c1-13(2)32-11-5-10-29-22(31)16-9-8-15(24)12-19(16)27-23(29)33-14(3)21(30)28-20-17(25)6-4-7-18(20)26/h4,6-9,12-14H,5,10-11H2,1-3H3,(H,28,30). The van der Waals surface area contributed by atoms with Gasteiger partial charge >= 0.3 is 0 Å². The number of hydrogen-bond acceptors (Lipinski definition) is 5. The Hall–Kier alpha value is -2.49. The van der Waals surface area contributed by atoms with E-state index in [1.807, 2.05) is 13.8 Å². The van der Waals surface area contributed by atoms with Gasteiger partial charge in [-0.15, -0.1) is 0 Å². The second kappa shape index (κ2) is 11.1. The van der Waals surface area contributed by atoms with E-state index in [2.05, 4.69) is 10.3 Å². The highest BCUT2D eigenvalue weighted by molar-refractivity contribution is 8.00. The van der Waals surface area contributed by atoms with Gasteiger partial charge in [0, 0.05) is 18.2 Å². The molecule has 1 heterocycles. The summed E-state index contributed by atoms with van der Waals surface area (Å²) >= 11 is 7.08. The number of fused-ring (bicyclic) bond motifs is 1. The highest BCUT2D eigenvalue weighted by Crippen LogP contribution is 2.26. The van der Waals surface area contributed by atoms with Crippen LogP contribution in [0.4, 0.5) is 14.5 Å². The Kier molecular flexibility index (Phi) is 8.45. The predicted octanol–water partition coefficient (Wildman–Crippen LogP) is 5.26. The van der Waals surface area contributed by atoms with Gasteiger partial charge in [-0.1, -0.05) is 29.4 Å². The predicted molar refractivity (Wildman–Crippen MR) is 127 cm³/mol. The number of para-hydroxylation sites is 1. The van der Waals surface area contributed by atoms with E-state index in [1.165, 1.54) is 10.6 Å². The minimum absolute atomic E-state index is 0.0648. The molecule has 176 valence electrons. The normalized spacial score (nSPS) is 12.3. The number of amides is 1. The summed E-state index contributed by atoms with van der Waals surface area (Å²) in [6, 6.07) is 8.13. The van der Waals surface area contributed by atoms with Gasteiger partial charge in [0.2, 0.25) is 5.91 Å². The molecule has 1 atom stereocenters. The SMILES string of the molecule is CC(C)OCCCn1c(SC(C)C(=O)Nc2c(F)cccc2F)nc2cc(Cl)ccc2c1=O. The lowest BCUT2D eigenvalue weighted by atomic mass is 10.2. The van der Waals surface area contributed by atoms with Crippen LogP contribution in [-0.2, 0) is 16.1 Å². The van der Waals surface area contributed by atoms with Crippen LogP contribution < -0.4 is 10.9 Å². The zero-order valence-corrected chi connectivity index (χ0v) is 20.0. The van der Waals surface area contributed by atoms with Crippen LogP contribution in [0.3, 0.4) is 0 Å². The number of thioether (sulfide) groups is 1. The number of hydrogen-bond donors (Lipinski definition) is 1. The quantitative estimate of drug-likeness (QED) is 0.249. The maximum absolute atomic E-state index is 13.9. The van der Waals surface area contributed by atoms with Gasteiger partial charge in [-0.25, -0.2) is 13.8 Å². The highest BCUT2D eigenvalue weighted by atomic mass is 35.5. The molecule has 0 radical (unpaired) electrons. The molecule has 1 amide bonds. The number of rotatable bonds is 9. The van der Waals surface area contributed by atoms with E-state index in [0.29, 0.717) is 40.7 Å². The van der Waals surface area contributed by atoms with Crippen molar-refractivity contribution >= 4 is 45.9 Å². The maximum atomic E-state index is 13.9. The molecule has 0 bridgehead atoms. The molecule has 0 aliphatic heterocycles. The van der Waals surface area contributed by atoms with Crippen molar-refractivity contribution in [1.82, 2.24) is 9.55 Å². The van der Waals surface area contributed by atoms with Crippen molar-refractivity contribution in [3.63, 3.8) is 0 Å². The van der Waals surface area contributed by atoms with E-state index in [0.717, 1.165) is 23.9 Å². The molecule has 3 rings (SSSR count). The average molecular weight is 496 g/mol. The molecule has 2 aromatic carbocycles. The lowest BCUT2D eigenvalue weighted by Crippen LogP contribution is -2.28. The van der Waals surface area contributed by atoms with Crippen molar-refractivity contribution in [3.05, 3.63) is 63.4 Å². The highest BCUT2D eigenvalue weighted by Gasteiger charge is 2.22. The summed E-state index contributed by atoms with van der Waals surface area (Å²) in [5.74, 6) is -2.37. The molecule has 0 saturated carbocycles. The Morgan fingerprint density at radius 1 is 1.21 bits per heavy atom. The lowest BCUT2D eigenvalue weighted by Gasteiger charge is -2.17. The van der Waals surface area contributed by atoms with Crippen LogP contribution in [0, 0.1) is 11.6 Å². The van der Waals surface area contributed by atoms with Crippen molar-refractivity contribution in [2.24, 2.45) is 0 Å². The fourth-order valence-corrected chi connectivity index (χ4v) is 4.16. The van der Waals surface area contributed by atoms with Gasteiger partial charge in [-0.3, -0.25) is 14.2 Å². The van der Waals surface area contributed by atoms with E-state index in [4.69, 9.17) is 16.3 Å². The van der Waals surface area contributed by atoms with Crippen LogP contribution in [0.2, 0.25) is 5.02 Å². The summed E-state index contributed by atoms with van der Waals surface area (Å²) < 4.78 is 34.9. The molecule has 1 unspecified atom stereocenters. The fraction of sp³-hybridized carbons (Fsp3) is 0.348. The Morgan fingerprint density at radius 3 is 2.58 bits per heavy atom. The smallest absolute Gasteiger partial charge is 0.262 e. The molecule has 6 nitrogen and oxygen atoms in total. The molecule has 10 heteroatoms. The Morgan fingerprint density at radius 2 is 1.91 bits per heavy atom. The van der Waals surface area contributed by atoms with E-state index in [-0.39, 0.29) is 11.7 Å².